The Balaban J connectivity index is 1.60. The first-order valence-corrected chi connectivity index (χ1v) is 9.43. The molecule has 29 heavy (non-hydrogen) atoms. The molecule has 4 rings (SSSR count). The minimum atomic E-state index is -0.903. The van der Waals surface area contributed by atoms with Crippen molar-refractivity contribution in [3.63, 3.8) is 0 Å². The summed E-state index contributed by atoms with van der Waals surface area (Å²) in [6.07, 6.45) is 3.34. The molecule has 7 nitrogen and oxygen atoms in total. The molecule has 1 saturated heterocycles. The Kier molecular flexibility index (Phi) is 4.91. The van der Waals surface area contributed by atoms with Crippen LogP contribution in [0.2, 0.25) is 0 Å². The molecule has 0 unspecified atom stereocenters. The van der Waals surface area contributed by atoms with Crippen LogP contribution in [0.3, 0.4) is 0 Å². The summed E-state index contributed by atoms with van der Waals surface area (Å²) in [5, 5.41) is 5.77. The van der Waals surface area contributed by atoms with Crippen molar-refractivity contribution in [3.05, 3.63) is 53.1 Å². The van der Waals surface area contributed by atoms with E-state index in [0.717, 1.165) is 12.2 Å². The number of rotatable bonds is 3. The molecule has 0 saturated carbocycles. The monoisotopic (exact) mass is 400 g/mol. The van der Waals surface area contributed by atoms with Crippen LogP contribution in [0.25, 0.3) is 5.65 Å². The smallest absolute Gasteiger partial charge is 0.262 e. The van der Waals surface area contributed by atoms with Gasteiger partial charge >= 0.3 is 0 Å². The van der Waals surface area contributed by atoms with Crippen molar-refractivity contribution in [1.29, 1.82) is 0 Å². The number of nitrogens with zero attached hydrogens (tertiary/aromatic N) is 4. The largest absolute Gasteiger partial charge is 0.369 e. The van der Waals surface area contributed by atoms with Crippen LogP contribution in [0, 0.1) is 25.5 Å². The normalized spacial score (nSPS) is 17.0. The van der Waals surface area contributed by atoms with E-state index in [4.69, 9.17) is 0 Å². The molecule has 0 aliphatic carbocycles. The lowest BCUT2D eigenvalue weighted by atomic mass is 10.1. The van der Waals surface area contributed by atoms with Crippen molar-refractivity contribution in [2.24, 2.45) is 0 Å². The number of aryl methyl sites for hydroxylation is 2. The third-order valence-corrected chi connectivity index (χ3v) is 4.96. The average Bonchev–Trinajstić information content (AvgIpc) is 3.02. The number of halogens is 2. The molecule has 1 amide bonds. The van der Waals surface area contributed by atoms with E-state index >= 15 is 0 Å². The standard InChI is InChI=1S/C20H22F2N6O/c1-11-8-27(5-4-23-11)14-6-15(21)18(16(22)7-14)20(29)26-17-10-28-9-12(2)24-19(28)13(3)25-17/h6-7,9-11,23H,4-5,8H2,1-3H3,(H,26,29)/t11-/m0/s1. The maximum Gasteiger partial charge on any atom is 0.262 e. The fourth-order valence-electron chi connectivity index (χ4n) is 3.64. The van der Waals surface area contributed by atoms with Gasteiger partial charge in [0.25, 0.3) is 5.91 Å². The Hall–Kier alpha value is -3.07. The molecule has 0 bridgehead atoms. The number of hydrogen-bond acceptors (Lipinski definition) is 5. The quantitative estimate of drug-likeness (QED) is 0.707. The zero-order chi connectivity index (χ0) is 20.7. The lowest BCUT2D eigenvalue weighted by Crippen LogP contribution is -2.49. The second-order valence-corrected chi connectivity index (χ2v) is 7.36. The minimum Gasteiger partial charge on any atom is -0.369 e. The van der Waals surface area contributed by atoms with Gasteiger partial charge in [0.2, 0.25) is 0 Å². The first kappa shape index (κ1) is 19.3. The summed E-state index contributed by atoms with van der Waals surface area (Å²) in [4.78, 5) is 23.1. The summed E-state index contributed by atoms with van der Waals surface area (Å²) >= 11 is 0. The highest BCUT2D eigenvalue weighted by molar-refractivity contribution is 6.04. The molecule has 3 aromatic rings. The fourth-order valence-corrected chi connectivity index (χ4v) is 3.64. The third kappa shape index (κ3) is 3.77. The van der Waals surface area contributed by atoms with Gasteiger partial charge in [-0.25, -0.2) is 18.7 Å². The Morgan fingerprint density at radius 2 is 1.93 bits per heavy atom. The summed E-state index contributed by atoms with van der Waals surface area (Å²) in [5.74, 6) is -2.50. The molecule has 1 fully saturated rings. The molecule has 2 aromatic heterocycles. The number of anilines is 2. The molecule has 152 valence electrons. The first-order chi connectivity index (χ1) is 13.8. The predicted octanol–water partition coefficient (Wildman–Crippen LogP) is 2.67. The number of hydrogen-bond donors (Lipinski definition) is 2. The molecular formula is C20H22F2N6O. The molecule has 1 aromatic carbocycles. The molecule has 1 aliphatic heterocycles. The molecule has 3 heterocycles. The Bertz CT molecular complexity index is 1070. The summed E-state index contributed by atoms with van der Waals surface area (Å²) in [6.45, 7) is 7.61. The molecule has 1 aliphatic rings. The highest BCUT2D eigenvalue weighted by Gasteiger charge is 2.23. The number of amides is 1. The number of benzene rings is 1. The zero-order valence-electron chi connectivity index (χ0n) is 16.5. The van der Waals surface area contributed by atoms with E-state index in [1.54, 1.807) is 23.7 Å². The molecular weight excluding hydrogens is 378 g/mol. The van der Waals surface area contributed by atoms with Gasteiger partial charge in [-0.05, 0) is 32.9 Å². The fraction of sp³-hybridized carbons (Fsp3) is 0.350. The second kappa shape index (κ2) is 7.40. The van der Waals surface area contributed by atoms with Crippen LogP contribution >= 0.6 is 0 Å². The van der Waals surface area contributed by atoms with Crippen LogP contribution in [-0.2, 0) is 0 Å². The number of imidazole rings is 1. The van der Waals surface area contributed by atoms with Crippen molar-refractivity contribution < 1.29 is 13.6 Å². The van der Waals surface area contributed by atoms with Crippen LogP contribution in [0.1, 0.15) is 28.7 Å². The van der Waals surface area contributed by atoms with E-state index in [2.05, 4.69) is 20.6 Å². The van der Waals surface area contributed by atoms with Crippen LogP contribution in [0.4, 0.5) is 20.3 Å². The van der Waals surface area contributed by atoms with E-state index in [0.29, 0.717) is 30.1 Å². The Morgan fingerprint density at radius 1 is 1.21 bits per heavy atom. The Labute approximate surface area is 166 Å². The maximum absolute atomic E-state index is 14.7. The minimum absolute atomic E-state index is 0.191. The molecule has 0 radical (unpaired) electrons. The number of nitrogens with one attached hydrogen (secondary N) is 2. The summed E-state index contributed by atoms with van der Waals surface area (Å²) in [6, 6.07) is 2.63. The lowest BCUT2D eigenvalue weighted by molar-refractivity contribution is 0.101. The van der Waals surface area contributed by atoms with Gasteiger partial charge in [0.15, 0.2) is 5.65 Å². The first-order valence-electron chi connectivity index (χ1n) is 9.43. The number of carbonyl (C=O) groups is 1. The van der Waals surface area contributed by atoms with Gasteiger partial charge in [0.1, 0.15) is 23.0 Å². The number of carbonyl (C=O) groups excluding carboxylic acids is 1. The van der Waals surface area contributed by atoms with Gasteiger partial charge < -0.3 is 19.9 Å². The van der Waals surface area contributed by atoms with Gasteiger partial charge in [-0.3, -0.25) is 4.79 Å². The van der Waals surface area contributed by atoms with Crippen molar-refractivity contribution in [2.75, 3.05) is 29.9 Å². The summed E-state index contributed by atoms with van der Waals surface area (Å²) in [7, 11) is 0. The van der Waals surface area contributed by atoms with E-state index in [1.807, 2.05) is 18.7 Å². The molecule has 0 spiro atoms. The highest BCUT2D eigenvalue weighted by atomic mass is 19.1. The number of fused-ring (bicyclic) bond motifs is 1. The SMILES string of the molecule is Cc1cn2cc(NC(=O)c3c(F)cc(N4CCN[C@@H](C)C4)cc3F)nc(C)c2n1. The van der Waals surface area contributed by atoms with E-state index < -0.39 is 23.1 Å². The van der Waals surface area contributed by atoms with Gasteiger partial charge in [-0.1, -0.05) is 0 Å². The van der Waals surface area contributed by atoms with Gasteiger partial charge in [0, 0.05) is 37.6 Å². The summed E-state index contributed by atoms with van der Waals surface area (Å²) in [5.41, 5.74) is 1.85. The van der Waals surface area contributed by atoms with E-state index in [1.165, 1.54) is 12.1 Å². The number of piperazine rings is 1. The van der Waals surface area contributed by atoms with Gasteiger partial charge in [-0.2, -0.15) is 0 Å². The van der Waals surface area contributed by atoms with Gasteiger partial charge in [-0.15, -0.1) is 0 Å². The Morgan fingerprint density at radius 3 is 2.62 bits per heavy atom. The maximum atomic E-state index is 14.7. The number of aromatic nitrogens is 3. The van der Waals surface area contributed by atoms with E-state index in [-0.39, 0.29) is 11.9 Å². The van der Waals surface area contributed by atoms with Gasteiger partial charge in [0.05, 0.1) is 17.6 Å². The van der Waals surface area contributed by atoms with E-state index in [9.17, 15) is 13.6 Å². The van der Waals surface area contributed by atoms with Crippen LogP contribution in [-0.4, -0.2) is 46.0 Å². The van der Waals surface area contributed by atoms with Crippen LogP contribution < -0.4 is 15.5 Å². The van der Waals surface area contributed by atoms with Crippen LogP contribution in [0.15, 0.2) is 24.5 Å². The predicted molar refractivity (Wildman–Crippen MR) is 106 cm³/mol. The lowest BCUT2D eigenvalue weighted by Gasteiger charge is -2.33. The zero-order valence-corrected chi connectivity index (χ0v) is 16.5. The average molecular weight is 400 g/mol. The molecule has 9 heteroatoms. The van der Waals surface area contributed by atoms with Crippen molar-refractivity contribution in [2.45, 2.75) is 26.8 Å². The highest BCUT2D eigenvalue weighted by Crippen LogP contribution is 2.24. The van der Waals surface area contributed by atoms with Crippen molar-refractivity contribution in [3.8, 4) is 0 Å². The summed E-state index contributed by atoms with van der Waals surface area (Å²) < 4.78 is 31.1. The molecule has 1 atom stereocenters. The van der Waals surface area contributed by atoms with Crippen molar-refractivity contribution in [1.82, 2.24) is 19.7 Å². The third-order valence-electron chi connectivity index (χ3n) is 4.96. The van der Waals surface area contributed by atoms with Crippen LogP contribution in [0.5, 0.6) is 0 Å². The molecule has 2 N–H and O–H groups in total. The van der Waals surface area contributed by atoms with Crippen molar-refractivity contribution >= 4 is 23.1 Å². The topological polar surface area (TPSA) is 74.6 Å². The second-order valence-electron chi connectivity index (χ2n) is 7.36.